The highest BCUT2D eigenvalue weighted by Crippen LogP contribution is 2.23. The molecule has 0 fully saturated rings. The second-order valence-electron chi connectivity index (χ2n) is 3.03. The highest BCUT2D eigenvalue weighted by atomic mass is 19.4. The van der Waals surface area contributed by atoms with Crippen LogP contribution >= 0.6 is 0 Å². The average Bonchev–Trinajstić information content (AvgIpc) is 2.01. The lowest BCUT2D eigenvalue weighted by Gasteiger charge is -2.25. The summed E-state index contributed by atoms with van der Waals surface area (Å²) in [7, 11) is 2.95. The summed E-state index contributed by atoms with van der Waals surface area (Å²) in [6.45, 7) is 0. The Bertz CT molecular complexity index is 273. The minimum atomic E-state index is -4.56. The number of ether oxygens (including phenoxy) is 1. The first kappa shape index (κ1) is 11.0. The maximum Gasteiger partial charge on any atom is 0.429 e. The van der Waals surface area contributed by atoms with E-state index in [9.17, 15) is 18.0 Å². The fourth-order valence-electron chi connectivity index (χ4n) is 0.896. The van der Waals surface area contributed by atoms with Crippen LogP contribution in [-0.2, 0) is 9.53 Å². The van der Waals surface area contributed by atoms with E-state index in [2.05, 4.69) is 9.73 Å². The van der Waals surface area contributed by atoms with Gasteiger partial charge in [0.25, 0.3) is 6.35 Å². The Balaban J connectivity index is 2.90. The predicted molar refractivity (Wildman–Crippen MR) is 41.7 cm³/mol. The van der Waals surface area contributed by atoms with Crippen molar-refractivity contribution in [1.82, 2.24) is 4.90 Å². The molecule has 0 amide bonds. The fourth-order valence-corrected chi connectivity index (χ4v) is 0.896. The molecule has 0 radical (unpaired) electrons. The molecule has 4 nitrogen and oxygen atoms in total. The van der Waals surface area contributed by atoms with Crippen molar-refractivity contribution in [3.05, 3.63) is 0 Å². The Morgan fingerprint density at radius 2 is 2.07 bits per heavy atom. The number of esters is 1. The Kier molecular flexibility index (Phi) is 2.79. The lowest BCUT2D eigenvalue weighted by atomic mass is 10.2. The summed E-state index contributed by atoms with van der Waals surface area (Å²) < 4.78 is 41.2. The predicted octanol–water partition coefficient (Wildman–Crippen LogP) is 0.782. The number of cyclic esters (lactones) is 1. The number of carbonyl (C=O) groups excluding carboxylic acids is 1. The molecule has 0 aromatic rings. The molecule has 0 spiro atoms. The van der Waals surface area contributed by atoms with Crippen LogP contribution in [0.4, 0.5) is 13.2 Å². The van der Waals surface area contributed by atoms with Gasteiger partial charge in [0.15, 0.2) is 0 Å². The summed E-state index contributed by atoms with van der Waals surface area (Å²) in [6, 6.07) is 0. The largest absolute Gasteiger partial charge is 0.429 e. The van der Waals surface area contributed by atoms with Crippen LogP contribution in [0.25, 0.3) is 0 Å². The van der Waals surface area contributed by atoms with Gasteiger partial charge in [-0.15, -0.1) is 0 Å². The number of carbonyl (C=O) groups is 1. The van der Waals surface area contributed by atoms with Crippen LogP contribution in [0.3, 0.4) is 0 Å². The molecule has 1 atom stereocenters. The van der Waals surface area contributed by atoms with E-state index in [1.165, 1.54) is 19.0 Å². The van der Waals surface area contributed by atoms with Gasteiger partial charge in [-0.2, -0.15) is 13.2 Å². The molecule has 0 aromatic heterocycles. The zero-order chi connectivity index (χ0) is 10.9. The SMILES string of the molecule is CN(C)C1N=C(C(F)(F)F)CC(=O)O1. The van der Waals surface area contributed by atoms with Crippen LogP contribution in [-0.4, -0.2) is 43.2 Å². The standard InChI is InChI=1S/C7H9F3N2O2/c1-12(2)6-11-4(7(8,9)10)3-5(13)14-6/h6H,3H2,1-2H3. The summed E-state index contributed by atoms with van der Waals surface area (Å²) in [5.41, 5.74) is -1.09. The van der Waals surface area contributed by atoms with E-state index < -0.39 is 30.6 Å². The second-order valence-corrected chi connectivity index (χ2v) is 3.03. The first-order chi connectivity index (χ1) is 6.30. The molecule has 0 N–H and O–H groups in total. The molecule has 7 heteroatoms. The number of hydrogen-bond acceptors (Lipinski definition) is 4. The number of nitrogens with zero attached hydrogens (tertiary/aromatic N) is 2. The van der Waals surface area contributed by atoms with E-state index in [1.807, 2.05) is 0 Å². The topological polar surface area (TPSA) is 41.9 Å². The number of halogens is 3. The molecule has 0 saturated heterocycles. The van der Waals surface area contributed by atoms with Crippen molar-refractivity contribution in [3.8, 4) is 0 Å². The van der Waals surface area contributed by atoms with Gasteiger partial charge in [-0.05, 0) is 14.1 Å². The van der Waals surface area contributed by atoms with Crippen molar-refractivity contribution >= 4 is 11.7 Å². The molecule has 0 aliphatic carbocycles. The molecule has 1 heterocycles. The Morgan fingerprint density at radius 3 is 2.50 bits per heavy atom. The average molecular weight is 210 g/mol. The summed E-state index contributed by atoms with van der Waals surface area (Å²) in [5.74, 6) is -0.911. The van der Waals surface area contributed by atoms with Crippen LogP contribution in [0.1, 0.15) is 6.42 Å². The van der Waals surface area contributed by atoms with Crippen molar-refractivity contribution in [2.24, 2.45) is 4.99 Å². The minimum absolute atomic E-state index is 0.812. The second kappa shape index (κ2) is 3.56. The molecular weight excluding hydrogens is 201 g/mol. The van der Waals surface area contributed by atoms with E-state index in [1.54, 1.807) is 0 Å². The van der Waals surface area contributed by atoms with Crippen LogP contribution in [0, 0.1) is 0 Å². The van der Waals surface area contributed by atoms with E-state index in [0.717, 1.165) is 0 Å². The van der Waals surface area contributed by atoms with Crippen LogP contribution in [0.15, 0.2) is 4.99 Å². The first-order valence-corrected chi connectivity index (χ1v) is 3.80. The number of alkyl halides is 3. The summed E-state index contributed by atoms with van der Waals surface area (Å²) in [6.07, 6.45) is -6.55. The molecule has 0 saturated carbocycles. The van der Waals surface area contributed by atoms with Gasteiger partial charge in [0.2, 0.25) is 0 Å². The van der Waals surface area contributed by atoms with E-state index in [4.69, 9.17) is 0 Å². The van der Waals surface area contributed by atoms with Gasteiger partial charge in [-0.25, -0.2) is 4.99 Å². The first-order valence-electron chi connectivity index (χ1n) is 3.80. The third-order valence-corrected chi connectivity index (χ3v) is 1.58. The van der Waals surface area contributed by atoms with Gasteiger partial charge in [0.05, 0.1) is 6.42 Å². The fraction of sp³-hybridized carbons (Fsp3) is 0.714. The Labute approximate surface area is 78.3 Å². The van der Waals surface area contributed by atoms with E-state index in [0.29, 0.717) is 0 Å². The highest BCUT2D eigenvalue weighted by Gasteiger charge is 2.41. The van der Waals surface area contributed by atoms with Gasteiger partial charge in [0, 0.05) is 0 Å². The highest BCUT2D eigenvalue weighted by molar-refractivity contribution is 6.03. The molecule has 80 valence electrons. The van der Waals surface area contributed by atoms with Crippen LogP contribution < -0.4 is 0 Å². The Morgan fingerprint density at radius 1 is 1.50 bits per heavy atom. The van der Waals surface area contributed by atoms with Gasteiger partial charge >= 0.3 is 12.1 Å². The molecule has 1 aliphatic heterocycles. The molecule has 1 unspecified atom stereocenters. The number of hydrogen-bond donors (Lipinski definition) is 0. The van der Waals surface area contributed by atoms with Gasteiger partial charge in [0.1, 0.15) is 5.71 Å². The smallest absolute Gasteiger partial charge is 0.425 e. The lowest BCUT2D eigenvalue weighted by molar-refractivity contribution is -0.158. The Hall–Kier alpha value is -1.11. The zero-order valence-electron chi connectivity index (χ0n) is 7.63. The molecule has 1 aliphatic rings. The van der Waals surface area contributed by atoms with E-state index >= 15 is 0 Å². The van der Waals surface area contributed by atoms with Crippen molar-refractivity contribution < 1.29 is 22.7 Å². The molecule has 1 rings (SSSR count). The zero-order valence-corrected chi connectivity index (χ0v) is 7.63. The van der Waals surface area contributed by atoms with Crippen molar-refractivity contribution in [2.45, 2.75) is 18.9 Å². The maximum atomic E-state index is 12.2. The third-order valence-electron chi connectivity index (χ3n) is 1.58. The number of aliphatic imine (C=N–C) groups is 1. The molecule has 14 heavy (non-hydrogen) atoms. The van der Waals surface area contributed by atoms with Gasteiger partial charge in [-0.3, -0.25) is 9.69 Å². The summed E-state index contributed by atoms with van der Waals surface area (Å²) in [5, 5.41) is 0. The molecule has 0 aromatic carbocycles. The lowest BCUT2D eigenvalue weighted by Crippen LogP contribution is -2.40. The van der Waals surface area contributed by atoms with Crippen molar-refractivity contribution in [1.29, 1.82) is 0 Å². The third kappa shape index (κ3) is 2.44. The van der Waals surface area contributed by atoms with Crippen LogP contribution in [0.2, 0.25) is 0 Å². The molecular formula is C7H9F3N2O2. The minimum Gasteiger partial charge on any atom is -0.425 e. The number of rotatable bonds is 1. The summed E-state index contributed by atoms with van der Waals surface area (Å²) >= 11 is 0. The molecule has 0 bridgehead atoms. The monoisotopic (exact) mass is 210 g/mol. The quantitative estimate of drug-likeness (QED) is 0.600. The van der Waals surface area contributed by atoms with E-state index in [-0.39, 0.29) is 0 Å². The van der Waals surface area contributed by atoms with Gasteiger partial charge in [-0.1, -0.05) is 0 Å². The van der Waals surface area contributed by atoms with Crippen molar-refractivity contribution in [3.63, 3.8) is 0 Å². The van der Waals surface area contributed by atoms with Crippen molar-refractivity contribution in [2.75, 3.05) is 14.1 Å². The van der Waals surface area contributed by atoms with Gasteiger partial charge < -0.3 is 4.74 Å². The normalized spacial score (nSPS) is 23.4. The van der Waals surface area contributed by atoms with Crippen LogP contribution in [0.5, 0.6) is 0 Å². The summed E-state index contributed by atoms with van der Waals surface area (Å²) in [4.78, 5) is 15.4. The maximum absolute atomic E-state index is 12.2.